The third-order valence-corrected chi connectivity index (χ3v) is 11.6. The molecule has 0 unspecified atom stereocenters. The fourth-order valence-electron chi connectivity index (χ4n) is 7.40. The highest BCUT2D eigenvalue weighted by atomic mass is 15.0. The van der Waals surface area contributed by atoms with E-state index in [1.54, 1.807) is 0 Å². The molecule has 3 heterocycles. The largest absolute Gasteiger partial charge is 0.208 e. The molecule has 2 aliphatic rings. The first-order valence-electron chi connectivity index (χ1n) is 15.8. The van der Waals surface area contributed by atoms with Crippen LogP contribution in [0, 0.1) is 21.7 Å². The predicted molar refractivity (Wildman–Crippen MR) is 181 cm³/mol. The zero-order valence-corrected chi connectivity index (χ0v) is 26.8. The Balaban J connectivity index is 1.52. The zero-order chi connectivity index (χ0) is 29.9. The molecule has 4 aromatic rings. The Bertz CT molecular complexity index is 1450. The van der Waals surface area contributed by atoms with Crippen molar-refractivity contribution in [2.75, 3.05) is 0 Å². The van der Waals surface area contributed by atoms with Gasteiger partial charge in [-0.1, -0.05) is 170 Å². The summed E-state index contributed by atoms with van der Waals surface area (Å²) >= 11 is 0. The Morgan fingerprint density at radius 2 is 0.738 bits per heavy atom. The summed E-state index contributed by atoms with van der Waals surface area (Å²) in [5.74, 6) is 2.20. The van der Waals surface area contributed by atoms with Crippen molar-refractivity contribution in [2.45, 2.75) is 80.7 Å². The van der Waals surface area contributed by atoms with E-state index in [2.05, 4.69) is 97.9 Å². The molecule has 0 radical (unpaired) electrons. The lowest BCUT2D eigenvalue weighted by atomic mass is 9.38. The molecule has 2 fully saturated rings. The fraction of sp³-hybridized carbons (Fsp3) is 0.432. The normalized spacial score (nSPS) is 20.2. The topological polar surface area (TPSA) is 38.7 Å². The Kier molecular flexibility index (Phi) is 7.03. The van der Waals surface area contributed by atoms with Crippen LogP contribution in [0.1, 0.15) is 55.4 Å². The van der Waals surface area contributed by atoms with Gasteiger partial charge in [-0.2, -0.15) is 0 Å². The number of hydrogen-bond donors (Lipinski definition) is 0. The molecule has 2 saturated heterocycles. The molecule has 5 heteroatoms. The van der Waals surface area contributed by atoms with Crippen LogP contribution in [0.3, 0.4) is 0 Å². The molecule has 0 aliphatic carbocycles. The molecule has 0 N–H and O–H groups in total. The first-order valence-corrected chi connectivity index (χ1v) is 15.8. The molecule has 3 aromatic carbocycles. The van der Waals surface area contributed by atoms with E-state index in [-0.39, 0.29) is 0 Å². The van der Waals surface area contributed by atoms with Crippen LogP contribution in [0.15, 0.2) is 78.9 Å². The molecular weight excluding hydrogens is 508 g/mol. The molecule has 214 valence electrons. The summed E-state index contributed by atoms with van der Waals surface area (Å²) in [6.07, 6.45) is 4.80. The minimum atomic E-state index is 0.291. The van der Waals surface area contributed by atoms with Crippen molar-refractivity contribution < 1.29 is 0 Å². The number of rotatable bonds is 5. The third-order valence-electron chi connectivity index (χ3n) is 11.6. The zero-order valence-electron chi connectivity index (χ0n) is 26.8. The van der Waals surface area contributed by atoms with Gasteiger partial charge in [-0.3, -0.25) is 0 Å². The molecule has 0 amide bonds. The van der Waals surface area contributed by atoms with Gasteiger partial charge in [0.2, 0.25) is 0 Å². The summed E-state index contributed by atoms with van der Waals surface area (Å²) in [5, 5.41) is 0. The summed E-state index contributed by atoms with van der Waals surface area (Å²) in [7, 11) is 0. The highest BCUT2D eigenvalue weighted by Crippen LogP contribution is 2.54. The van der Waals surface area contributed by atoms with Gasteiger partial charge < -0.3 is 0 Å². The maximum absolute atomic E-state index is 5.13. The van der Waals surface area contributed by atoms with Gasteiger partial charge in [-0.15, -0.1) is 0 Å². The summed E-state index contributed by atoms with van der Waals surface area (Å²) < 4.78 is 0. The highest BCUT2D eigenvalue weighted by Gasteiger charge is 2.50. The molecule has 0 saturated carbocycles. The molecule has 2 aliphatic heterocycles. The van der Waals surface area contributed by atoms with Gasteiger partial charge in [0.15, 0.2) is 30.9 Å². The summed E-state index contributed by atoms with van der Waals surface area (Å²) in [6.45, 7) is 20.6. The van der Waals surface area contributed by atoms with Gasteiger partial charge in [-0.05, 0) is 21.7 Å². The van der Waals surface area contributed by atoms with Crippen molar-refractivity contribution in [1.29, 1.82) is 0 Å². The Morgan fingerprint density at radius 1 is 0.429 bits per heavy atom. The molecule has 0 atom stereocenters. The standard InChI is InChI=1S/C37H45B2N3/c1-34(2)22-38(23-35(34,3)4)29-19-28(20-30(21-29)39-24-36(5,6)37(7,8)25-39)33-41-31(26-15-11-9-12-16-26)40-32(42-33)27-17-13-10-14-18-27/h9-21H,22-25H2,1-8H3. The van der Waals surface area contributed by atoms with Gasteiger partial charge in [0.25, 0.3) is 0 Å². The number of aromatic nitrogens is 3. The maximum atomic E-state index is 5.13. The van der Waals surface area contributed by atoms with Crippen molar-refractivity contribution in [2.24, 2.45) is 21.7 Å². The van der Waals surface area contributed by atoms with Gasteiger partial charge in [0.1, 0.15) is 0 Å². The molecular formula is C37H45B2N3. The molecule has 42 heavy (non-hydrogen) atoms. The average Bonchev–Trinajstić information content (AvgIpc) is 3.33. The number of hydrogen-bond acceptors (Lipinski definition) is 3. The van der Waals surface area contributed by atoms with Crippen LogP contribution < -0.4 is 10.9 Å². The first-order chi connectivity index (χ1) is 19.7. The fourth-order valence-corrected chi connectivity index (χ4v) is 7.40. The van der Waals surface area contributed by atoms with E-state index in [9.17, 15) is 0 Å². The molecule has 3 nitrogen and oxygen atoms in total. The van der Waals surface area contributed by atoms with Gasteiger partial charge >= 0.3 is 0 Å². The summed E-state index contributed by atoms with van der Waals surface area (Å²) in [4.78, 5) is 15.2. The minimum Gasteiger partial charge on any atom is -0.208 e. The lowest BCUT2D eigenvalue weighted by Crippen LogP contribution is -2.36. The van der Waals surface area contributed by atoms with E-state index in [1.807, 2.05) is 36.4 Å². The molecule has 1 aromatic heterocycles. The maximum Gasteiger partial charge on any atom is 0.176 e. The first kappa shape index (κ1) is 28.9. The van der Waals surface area contributed by atoms with Crippen LogP contribution in [0.25, 0.3) is 34.2 Å². The van der Waals surface area contributed by atoms with Gasteiger partial charge in [-0.25, -0.2) is 15.0 Å². The number of nitrogens with zero attached hydrogens (tertiary/aromatic N) is 3. The Morgan fingerprint density at radius 3 is 1.07 bits per heavy atom. The van der Waals surface area contributed by atoms with Crippen LogP contribution in [0.4, 0.5) is 0 Å². The van der Waals surface area contributed by atoms with Gasteiger partial charge in [0, 0.05) is 16.7 Å². The van der Waals surface area contributed by atoms with E-state index < -0.39 is 0 Å². The van der Waals surface area contributed by atoms with Crippen LogP contribution in [0.2, 0.25) is 25.3 Å². The van der Waals surface area contributed by atoms with Crippen molar-refractivity contribution >= 4 is 24.4 Å². The van der Waals surface area contributed by atoms with Crippen LogP contribution in [0.5, 0.6) is 0 Å². The van der Waals surface area contributed by atoms with Crippen molar-refractivity contribution in [3.05, 3.63) is 78.9 Å². The van der Waals surface area contributed by atoms with E-state index in [4.69, 9.17) is 15.0 Å². The van der Waals surface area contributed by atoms with Crippen LogP contribution in [-0.2, 0) is 0 Å². The molecule has 0 bridgehead atoms. The van der Waals surface area contributed by atoms with Crippen molar-refractivity contribution in [3.63, 3.8) is 0 Å². The molecule has 6 rings (SSSR count). The summed E-state index contributed by atoms with van der Waals surface area (Å²) in [5.41, 5.74) is 7.20. The minimum absolute atomic E-state index is 0.291. The van der Waals surface area contributed by atoms with Gasteiger partial charge in [0.05, 0.1) is 0 Å². The smallest absolute Gasteiger partial charge is 0.176 e. The van der Waals surface area contributed by atoms with Crippen molar-refractivity contribution in [1.82, 2.24) is 15.0 Å². The second-order valence-corrected chi connectivity index (χ2v) is 15.7. The SMILES string of the molecule is CC1(C)CB(c2cc(B3CC(C)(C)C(C)(C)C3)cc(-c3nc(-c4ccccc4)nc(-c4ccccc4)n3)c2)CC1(C)C. The lowest BCUT2D eigenvalue weighted by Gasteiger charge is -2.35. The second-order valence-electron chi connectivity index (χ2n) is 15.7. The highest BCUT2D eigenvalue weighted by molar-refractivity contribution is 6.77. The third kappa shape index (κ3) is 5.25. The van der Waals surface area contributed by atoms with Crippen molar-refractivity contribution in [3.8, 4) is 34.2 Å². The lowest BCUT2D eigenvalue weighted by molar-refractivity contribution is 0.177. The van der Waals surface area contributed by atoms with E-state index in [1.165, 1.54) is 36.2 Å². The quantitative estimate of drug-likeness (QED) is 0.233. The second kappa shape index (κ2) is 10.2. The van der Waals surface area contributed by atoms with E-state index in [0.717, 1.165) is 34.2 Å². The Labute approximate surface area is 254 Å². The van der Waals surface area contributed by atoms with Crippen LogP contribution in [-0.4, -0.2) is 28.4 Å². The number of benzene rings is 3. The Hall–Kier alpha value is -3.20. The monoisotopic (exact) mass is 553 g/mol. The van der Waals surface area contributed by atoms with E-state index >= 15 is 0 Å². The van der Waals surface area contributed by atoms with Crippen LogP contribution >= 0.6 is 0 Å². The van der Waals surface area contributed by atoms with E-state index in [0.29, 0.717) is 35.1 Å². The predicted octanol–water partition coefficient (Wildman–Crippen LogP) is 8.41. The molecule has 0 spiro atoms. The average molecular weight is 553 g/mol. The summed E-state index contributed by atoms with van der Waals surface area (Å²) in [6, 6.07) is 27.9.